The Bertz CT molecular complexity index is 375. The third-order valence-electron chi connectivity index (χ3n) is 4.47. The molecule has 114 valence electrons. The van der Waals surface area contributed by atoms with Crippen molar-refractivity contribution in [2.24, 2.45) is 0 Å². The highest BCUT2D eigenvalue weighted by Gasteiger charge is 2.36. The number of nitrogens with zero attached hydrogens (tertiary/aromatic N) is 1. The molecule has 0 aromatic carbocycles. The summed E-state index contributed by atoms with van der Waals surface area (Å²) in [6.07, 6.45) is 5.27. The highest BCUT2D eigenvalue weighted by Crippen LogP contribution is 2.30. The molecule has 2 amide bonds. The van der Waals surface area contributed by atoms with Crippen LogP contribution in [-0.2, 0) is 9.59 Å². The molecule has 1 heterocycles. The minimum absolute atomic E-state index is 0.00369. The van der Waals surface area contributed by atoms with E-state index in [1.54, 1.807) is 4.90 Å². The van der Waals surface area contributed by atoms with Gasteiger partial charge in [-0.05, 0) is 33.1 Å². The van der Waals surface area contributed by atoms with Gasteiger partial charge >= 0.3 is 0 Å². The maximum atomic E-state index is 12.1. The molecule has 5 nitrogen and oxygen atoms in total. The SMILES string of the molecule is CC(C)N1CCC(NC(=O)CC2(O)CCCCC2)C1=O. The van der Waals surface area contributed by atoms with Crippen LogP contribution in [0.1, 0.15) is 58.8 Å². The zero-order valence-electron chi connectivity index (χ0n) is 12.5. The van der Waals surface area contributed by atoms with Crippen LogP contribution in [0.4, 0.5) is 0 Å². The molecule has 1 saturated carbocycles. The summed E-state index contributed by atoms with van der Waals surface area (Å²) in [6.45, 7) is 4.66. The number of carbonyl (C=O) groups excluding carboxylic acids is 2. The predicted octanol–water partition coefficient (Wildman–Crippen LogP) is 1.20. The number of rotatable bonds is 4. The van der Waals surface area contributed by atoms with E-state index < -0.39 is 11.6 Å². The van der Waals surface area contributed by atoms with E-state index in [0.29, 0.717) is 25.8 Å². The summed E-state index contributed by atoms with van der Waals surface area (Å²) in [7, 11) is 0. The number of amides is 2. The molecule has 0 bridgehead atoms. The lowest BCUT2D eigenvalue weighted by atomic mass is 9.82. The molecule has 20 heavy (non-hydrogen) atoms. The molecule has 0 aromatic heterocycles. The van der Waals surface area contributed by atoms with Gasteiger partial charge in [-0.25, -0.2) is 0 Å². The van der Waals surface area contributed by atoms with Gasteiger partial charge in [0.2, 0.25) is 11.8 Å². The second kappa shape index (κ2) is 6.12. The number of likely N-dealkylation sites (tertiary alicyclic amines) is 1. The van der Waals surface area contributed by atoms with E-state index in [-0.39, 0.29) is 24.3 Å². The van der Waals surface area contributed by atoms with Gasteiger partial charge in [0.05, 0.1) is 12.0 Å². The van der Waals surface area contributed by atoms with Crippen LogP contribution in [0.5, 0.6) is 0 Å². The molecule has 2 N–H and O–H groups in total. The van der Waals surface area contributed by atoms with Crippen molar-refractivity contribution < 1.29 is 14.7 Å². The number of hydrogen-bond donors (Lipinski definition) is 2. The summed E-state index contributed by atoms with van der Waals surface area (Å²) in [6, 6.07) is -0.232. The van der Waals surface area contributed by atoms with Crippen molar-refractivity contribution in [3.05, 3.63) is 0 Å². The lowest BCUT2D eigenvalue weighted by Crippen LogP contribution is -2.46. The van der Waals surface area contributed by atoms with Gasteiger partial charge in [-0.2, -0.15) is 0 Å². The van der Waals surface area contributed by atoms with Crippen LogP contribution in [0.3, 0.4) is 0 Å². The molecule has 0 aromatic rings. The van der Waals surface area contributed by atoms with Crippen molar-refractivity contribution in [3.8, 4) is 0 Å². The average molecular weight is 282 g/mol. The summed E-state index contributed by atoms with van der Waals surface area (Å²) in [5, 5.41) is 13.2. The van der Waals surface area contributed by atoms with Crippen LogP contribution in [0, 0.1) is 0 Å². The summed E-state index contributed by atoms with van der Waals surface area (Å²) >= 11 is 0. The Kier molecular flexibility index (Phi) is 4.68. The first kappa shape index (κ1) is 15.3. The highest BCUT2D eigenvalue weighted by atomic mass is 16.3. The van der Waals surface area contributed by atoms with E-state index in [4.69, 9.17) is 0 Å². The van der Waals surface area contributed by atoms with Crippen LogP contribution in [0.2, 0.25) is 0 Å². The van der Waals surface area contributed by atoms with Crippen LogP contribution in [-0.4, -0.2) is 46.1 Å². The van der Waals surface area contributed by atoms with Crippen LogP contribution in [0.25, 0.3) is 0 Å². The summed E-state index contributed by atoms with van der Waals surface area (Å²) in [5.41, 5.74) is -0.859. The highest BCUT2D eigenvalue weighted by molar-refractivity contribution is 5.89. The van der Waals surface area contributed by atoms with Crippen molar-refractivity contribution in [2.75, 3.05) is 6.54 Å². The summed E-state index contributed by atoms with van der Waals surface area (Å²) < 4.78 is 0. The third-order valence-corrected chi connectivity index (χ3v) is 4.47. The largest absolute Gasteiger partial charge is 0.389 e. The Hall–Kier alpha value is -1.10. The topological polar surface area (TPSA) is 69.6 Å². The Labute approximate surface area is 120 Å². The van der Waals surface area contributed by atoms with Gasteiger partial charge in [-0.1, -0.05) is 19.3 Å². The first-order chi connectivity index (χ1) is 9.41. The first-order valence-corrected chi connectivity index (χ1v) is 7.73. The summed E-state index contributed by atoms with van der Waals surface area (Å²) in [4.78, 5) is 25.9. The normalized spacial score (nSPS) is 26.1. The van der Waals surface area contributed by atoms with E-state index in [1.165, 1.54) is 0 Å². The molecular weight excluding hydrogens is 256 g/mol. The Morgan fingerprint density at radius 2 is 2.05 bits per heavy atom. The van der Waals surface area contributed by atoms with Gasteiger partial charge in [0, 0.05) is 12.6 Å². The molecule has 2 aliphatic rings. The molecule has 2 fully saturated rings. The fourth-order valence-electron chi connectivity index (χ4n) is 3.28. The second-order valence-electron chi connectivity index (χ2n) is 6.50. The molecule has 1 aliphatic heterocycles. The quantitative estimate of drug-likeness (QED) is 0.814. The second-order valence-corrected chi connectivity index (χ2v) is 6.50. The van der Waals surface area contributed by atoms with Gasteiger partial charge < -0.3 is 15.3 Å². The molecule has 5 heteroatoms. The Morgan fingerprint density at radius 1 is 1.40 bits per heavy atom. The smallest absolute Gasteiger partial charge is 0.245 e. The minimum atomic E-state index is -0.859. The van der Waals surface area contributed by atoms with Gasteiger partial charge in [0.25, 0.3) is 0 Å². The lowest BCUT2D eigenvalue weighted by molar-refractivity contribution is -0.135. The van der Waals surface area contributed by atoms with Gasteiger partial charge in [0.1, 0.15) is 6.04 Å². The van der Waals surface area contributed by atoms with Crippen LogP contribution < -0.4 is 5.32 Å². The standard InChI is InChI=1S/C15H26N2O3/c1-11(2)17-9-6-12(14(17)19)16-13(18)10-15(20)7-4-3-5-8-15/h11-12,20H,3-10H2,1-2H3,(H,16,18). The van der Waals surface area contributed by atoms with Crippen molar-refractivity contribution >= 4 is 11.8 Å². The fraction of sp³-hybridized carbons (Fsp3) is 0.867. The molecule has 1 atom stereocenters. The maximum absolute atomic E-state index is 12.1. The van der Waals surface area contributed by atoms with E-state index in [2.05, 4.69) is 5.32 Å². The van der Waals surface area contributed by atoms with Crippen molar-refractivity contribution in [2.45, 2.75) is 76.5 Å². The number of nitrogens with one attached hydrogen (secondary N) is 1. The molecule has 1 saturated heterocycles. The number of aliphatic hydroxyl groups is 1. The zero-order chi connectivity index (χ0) is 14.8. The van der Waals surface area contributed by atoms with Gasteiger partial charge in [-0.15, -0.1) is 0 Å². The van der Waals surface area contributed by atoms with E-state index in [1.807, 2.05) is 13.8 Å². The molecular formula is C15H26N2O3. The monoisotopic (exact) mass is 282 g/mol. The average Bonchev–Trinajstić information content (AvgIpc) is 2.71. The third kappa shape index (κ3) is 3.51. The maximum Gasteiger partial charge on any atom is 0.245 e. The zero-order valence-corrected chi connectivity index (χ0v) is 12.5. The van der Waals surface area contributed by atoms with Crippen LogP contribution in [0.15, 0.2) is 0 Å². The fourth-order valence-corrected chi connectivity index (χ4v) is 3.28. The molecule has 1 aliphatic carbocycles. The van der Waals surface area contributed by atoms with Crippen molar-refractivity contribution in [1.29, 1.82) is 0 Å². The van der Waals surface area contributed by atoms with Crippen molar-refractivity contribution in [3.63, 3.8) is 0 Å². The molecule has 0 radical (unpaired) electrons. The Balaban J connectivity index is 1.84. The molecule has 0 spiro atoms. The number of carbonyl (C=O) groups is 2. The van der Waals surface area contributed by atoms with E-state index in [0.717, 1.165) is 19.3 Å². The summed E-state index contributed by atoms with van der Waals surface area (Å²) in [5.74, 6) is -0.192. The Morgan fingerprint density at radius 3 is 2.60 bits per heavy atom. The van der Waals surface area contributed by atoms with E-state index in [9.17, 15) is 14.7 Å². The predicted molar refractivity (Wildman–Crippen MR) is 76.0 cm³/mol. The van der Waals surface area contributed by atoms with Crippen LogP contribution >= 0.6 is 0 Å². The number of hydrogen-bond acceptors (Lipinski definition) is 3. The molecule has 2 rings (SSSR count). The van der Waals surface area contributed by atoms with Gasteiger partial charge in [-0.3, -0.25) is 9.59 Å². The van der Waals surface area contributed by atoms with Gasteiger partial charge in [0.15, 0.2) is 0 Å². The lowest BCUT2D eigenvalue weighted by Gasteiger charge is -2.31. The van der Waals surface area contributed by atoms with E-state index >= 15 is 0 Å². The minimum Gasteiger partial charge on any atom is -0.389 e. The van der Waals surface area contributed by atoms with Crippen molar-refractivity contribution in [1.82, 2.24) is 10.2 Å². The first-order valence-electron chi connectivity index (χ1n) is 7.73. The molecule has 1 unspecified atom stereocenters.